The van der Waals surface area contributed by atoms with Crippen LogP contribution >= 0.6 is 11.8 Å². The molecule has 2 aromatic carbocycles. The van der Waals surface area contributed by atoms with Gasteiger partial charge in [-0.15, -0.1) is 0 Å². The van der Waals surface area contributed by atoms with Gasteiger partial charge in [-0.2, -0.15) is 0 Å². The third-order valence-corrected chi connectivity index (χ3v) is 5.63. The summed E-state index contributed by atoms with van der Waals surface area (Å²) in [7, 11) is 0. The van der Waals surface area contributed by atoms with E-state index in [9.17, 15) is 22.8 Å². The monoisotopic (exact) mass is 391 g/mol. The van der Waals surface area contributed by atoms with Crippen molar-refractivity contribution in [2.75, 3.05) is 6.61 Å². The van der Waals surface area contributed by atoms with Crippen molar-refractivity contribution >= 4 is 28.6 Å². The van der Waals surface area contributed by atoms with Crippen LogP contribution in [-0.4, -0.2) is 17.1 Å². The number of thioether (sulfide) groups is 1. The van der Waals surface area contributed by atoms with Crippen molar-refractivity contribution in [3.63, 3.8) is 0 Å². The second-order valence-electron chi connectivity index (χ2n) is 5.86. The maximum Gasteiger partial charge on any atom is 0.344 e. The van der Waals surface area contributed by atoms with Gasteiger partial charge in [0.05, 0.1) is 22.5 Å². The van der Waals surface area contributed by atoms with Crippen LogP contribution in [0.25, 0.3) is 10.9 Å². The van der Waals surface area contributed by atoms with E-state index in [1.54, 1.807) is 37.3 Å². The lowest BCUT2D eigenvalue weighted by Crippen LogP contribution is -2.31. The molecular weight excluding hydrogens is 379 g/mol. The molecule has 1 aromatic heterocycles. The van der Waals surface area contributed by atoms with E-state index in [-0.39, 0.29) is 22.7 Å². The quantitative estimate of drug-likeness (QED) is 0.495. The summed E-state index contributed by atoms with van der Waals surface area (Å²) in [5, 5.41) is -0.721. The first-order valence-corrected chi connectivity index (χ1v) is 8.98. The fraction of sp³-hybridized carbons (Fsp3) is 0.158. The standard InChI is InChI=1S/C19H12F3NO3S/c1-2-26-19(25)12-16(24)10-8-11(20)13(21)14(22)15(10)23-17(27-18(12)23)9-6-4-3-5-7-9/h3-8,17H,2H2,1H3. The predicted molar refractivity (Wildman–Crippen MR) is 94.5 cm³/mol. The Labute approximate surface area is 155 Å². The molecule has 1 atom stereocenters. The summed E-state index contributed by atoms with van der Waals surface area (Å²) in [5.74, 6) is -5.49. The van der Waals surface area contributed by atoms with Gasteiger partial charge in [-0.05, 0) is 18.6 Å². The third-order valence-electron chi connectivity index (χ3n) is 4.30. The van der Waals surface area contributed by atoms with Gasteiger partial charge in [-0.1, -0.05) is 42.1 Å². The minimum atomic E-state index is -1.66. The van der Waals surface area contributed by atoms with Gasteiger partial charge < -0.3 is 9.30 Å². The van der Waals surface area contributed by atoms with Crippen LogP contribution in [0.4, 0.5) is 13.2 Å². The number of halogens is 3. The van der Waals surface area contributed by atoms with E-state index in [0.717, 1.165) is 17.3 Å². The fourth-order valence-corrected chi connectivity index (χ4v) is 4.38. The number of hydrogen-bond acceptors (Lipinski definition) is 4. The molecule has 0 spiro atoms. The van der Waals surface area contributed by atoms with Crippen LogP contribution in [0.2, 0.25) is 0 Å². The van der Waals surface area contributed by atoms with Gasteiger partial charge in [0.25, 0.3) is 0 Å². The van der Waals surface area contributed by atoms with Crippen LogP contribution in [-0.2, 0) is 4.74 Å². The first kappa shape index (κ1) is 17.7. The van der Waals surface area contributed by atoms with Gasteiger partial charge in [0.15, 0.2) is 17.5 Å². The Hall–Kier alpha value is -2.74. The maximum atomic E-state index is 14.6. The number of pyridine rings is 1. The second-order valence-corrected chi connectivity index (χ2v) is 6.93. The topological polar surface area (TPSA) is 48.3 Å². The maximum absolute atomic E-state index is 14.6. The molecule has 1 aliphatic rings. The van der Waals surface area contributed by atoms with Gasteiger partial charge in [0.2, 0.25) is 5.43 Å². The van der Waals surface area contributed by atoms with Crippen LogP contribution in [0.1, 0.15) is 28.2 Å². The van der Waals surface area contributed by atoms with Crippen molar-refractivity contribution in [1.82, 2.24) is 4.57 Å². The summed E-state index contributed by atoms with van der Waals surface area (Å²) in [4.78, 5) is 25.0. The van der Waals surface area contributed by atoms with E-state index >= 15 is 0 Å². The molecule has 0 bridgehead atoms. The zero-order valence-electron chi connectivity index (χ0n) is 14.0. The highest BCUT2D eigenvalue weighted by Gasteiger charge is 2.38. The molecule has 1 aliphatic heterocycles. The first-order valence-electron chi connectivity index (χ1n) is 8.10. The smallest absolute Gasteiger partial charge is 0.344 e. The Kier molecular flexibility index (Phi) is 4.22. The molecule has 8 heteroatoms. The number of nitrogens with zero attached hydrogens (tertiary/aromatic N) is 1. The lowest BCUT2D eigenvalue weighted by molar-refractivity contribution is 0.0518. The van der Waals surface area contributed by atoms with Crippen molar-refractivity contribution < 1.29 is 22.7 Å². The molecular formula is C19H12F3NO3S. The summed E-state index contributed by atoms with van der Waals surface area (Å²) in [5.41, 5.74) is -0.785. The summed E-state index contributed by atoms with van der Waals surface area (Å²) in [6.45, 7) is 1.62. The van der Waals surface area contributed by atoms with E-state index in [4.69, 9.17) is 4.74 Å². The number of benzene rings is 2. The van der Waals surface area contributed by atoms with Crippen LogP contribution in [0.15, 0.2) is 46.2 Å². The number of carbonyl (C=O) groups excluding carboxylic acids is 1. The van der Waals surface area contributed by atoms with Gasteiger partial charge >= 0.3 is 5.97 Å². The SMILES string of the molecule is CCOC(=O)c1c2n(c3c(F)c(F)c(F)cc3c1=O)C(c1ccccc1)S2. The van der Waals surface area contributed by atoms with Crippen LogP contribution in [0, 0.1) is 17.5 Å². The van der Waals surface area contributed by atoms with Crippen LogP contribution in [0.5, 0.6) is 0 Å². The van der Waals surface area contributed by atoms with Crippen molar-refractivity contribution in [3.05, 3.63) is 75.2 Å². The van der Waals surface area contributed by atoms with E-state index in [1.165, 1.54) is 4.57 Å². The van der Waals surface area contributed by atoms with Crippen molar-refractivity contribution in [2.45, 2.75) is 17.3 Å². The summed E-state index contributed by atoms with van der Waals surface area (Å²) >= 11 is 1.16. The average Bonchev–Trinajstić information content (AvgIpc) is 2.64. The molecule has 0 aliphatic carbocycles. The number of esters is 1. The summed E-state index contributed by atoms with van der Waals surface area (Å²) in [6.07, 6.45) is 0. The molecule has 0 N–H and O–H groups in total. The number of ether oxygens (including phenoxy) is 1. The minimum absolute atomic E-state index is 0.0364. The molecule has 4 rings (SSSR count). The summed E-state index contributed by atoms with van der Waals surface area (Å²) < 4.78 is 48.5. The van der Waals surface area contributed by atoms with E-state index in [2.05, 4.69) is 0 Å². The molecule has 0 saturated heterocycles. The average molecular weight is 391 g/mol. The molecule has 1 unspecified atom stereocenters. The molecule has 0 saturated carbocycles. The zero-order chi connectivity index (χ0) is 19.3. The van der Waals surface area contributed by atoms with E-state index in [1.807, 2.05) is 0 Å². The number of hydrogen-bond donors (Lipinski definition) is 0. The Bertz CT molecular complexity index is 1140. The fourth-order valence-electron chi connectivity index (χ4n) is 3.11. The Morgan fingerprint density at radius 1 is 1.19 bits per heavy atom. The predicted octanol–water partition coefficient (Wildman–Crippen LogP) is 4.25. The molecule has 0 radical (unpaired) electrons. The first-order chi connectivity index (χ1) is 13.0. The lowest BCUT2D eigenvalue weighted by Gasteiger charge is -2.35. The van der Waals surface area contributed by atoms with Crippen molar-refractivity contribution in [3.8, 4) is 0 Å². The number of aromatic nitrogens is 1. The molecule has 0 fully saturated rings. The van der Waals surface area contributed by atoms with Gasteiger partial charge in [-0.25, -0.2) is 18.0 Å². The second kappa shape index (κ2) is 6.45. The zero-order valence-corrected chi connectivity index (χ0v) is 14.8. The number of fused-ring (bicyclic) bond motifs is 3. The molecule has 3 aromatic rings. The van der Waals surface area contributed by atoms with Crippen LogP contribution in [0.3, 0.4) is 0 Å². The normalized spacial score (nSPS) is 15.3. The van der Waals surface area contributed by atoms with Crippen molar-refractivity contribution in [1.29, 1.82) is 0 Å². The molecule has 2 heterocycles. The molecule has 0 amide bonds. The minimum Gasteiger partial charge on any atom is -0.462 e. The third kappa shape index (κ3) is 2.55. The Balaban J connectivity index is 2.08. The Morgan fingerprint density at radius 3 is 2.56 bits per heavy atom. The van der Waals surface area contributed by atoms with E-state index < -0.39 is 39.6 Å². The van der Waals surface area contributed by atoms with Gasteiger partial charge in [-0.3, -0.25) is 4.79 Å². The largest absolute Gasteiger partial charge is 0.462 e. The molecule has 138 valence electrons. The van der Waals surface area contributed by atoms with E-state index in [0.29, 0.717) is 6.07 Å². The molecule has 4 nitrogen and oxygen atoms in total. The number of carbonyl (C=O) groups is 1. The Morgan fingerprint density at radius 2 is 1.89 bits per heavy atom. The highest BCUT2D eigenvalue weighted by molar-refractivity contribution is 8.00. The van der Waals surface area contributed by atoms with Gasteiger partial charge in [0.1, 0.15) is 10.9 Å². The highest BCUT2D eigenvalue weighted by Crippen LogP contribution is 2.50. The van der Waals surface area contributed by atoms with Gasteiger partial charge in [0, 0.05) is 0 Å². The molecule has 27 heavy (non-hydrogen) atoms. The number of rotatable bonds is 3. The van der Waals surface area contributed by atoms with Crippen LogP contribution < -0.4 is 5.43 Å². The summed E-state index contributed by atoms with van der Waals surface area (Å²) in [6, 6.07) is 9.55. The highest BCUT2D eigenvalue weighted by atomic mass is 32.2. The van der Waals surface area contributed by atoms with Crippen molar-refractivity contribution in [2.24, 2.45) is 0 Å². The lowest BCUT2D eigenvalue weighted by atomic mass is 10.1.